The molecule has 12 heteroatoms. The van der Waals surface area contributed by atoms with Crippen LogP contribution in [0.15, 0.2) is 87.3 Å². The van der Waals surface area contributed by atoms with E-state index in [0.717, 1.165) is 81.3 Å². The van der Waals surface area contributed by atoms with Gasteiger partial charge in [-0.1, -0.05) is 96.3 Å². The molecule has 3 aromatic rings. The van der Waals surface area contributed by atoms with Crippen LogP contribution in [0.5, 0.6) is 5.75 Å². The third-order valence-electron chi connectivity index (χ3n) is 11.0. The number of hydrogen-bond acceptors (Lipinski definition) is 8. The fourth-order valence-corrected chi connectivity index (χ4v) is 9.21. The second-order valence-electron chi connectivity index (χ2n) is 16.5. The van der Waals surface area contributed by atoms with Crippen molar-refractivity contribution in [1.29, 1.82) is 0 Å². The van der Waals surface area contributed by atoms with Crippen LogP contribution in [0.25, 0.3) is 0 Å². The van der Waals surface area contributed by atoms with Crippen molar-refractivity contribution in [2.45, 2.75) is 145 Å². The molecule has 0 aliphatic carbocycles. The van der Waals surface area contributed by atoms with Crippen LogP contribution in [-0.4, -0.2) is 73.8 Å². The quantitative estimate of drug-likeness (QED) is 0.0748. The van der Waals surface area contributed by atoms with E-state index in [1.54, 1.807) is 46.1 Å². The topological polar surface area (TPSA) is 124 Å². The summed E-state index contributed by atoms with van der Waals surface area (Å²) in [6.45, 7) is 16.1. The van der Waals surface area contributed by atoms with Crippen LogP contribution < -0.4 is 15.0 Å². The van der Waals surface area contributed by atoms with Crippen molar-refractivity contribution in [2.24, 2.45) is 9.98 Å². The maximum absolute atomic E-state index is 15.1. The Hall–Kier alpha value is -4.97. The van der Waals surface area contributed by atoms with Gasteiger partial charge in [0.25, 0.3) is 21.8 Å². The summed E-state index contributed by atoms with van der Waals surface area (Å²) in [5.74, 6) is -0.583. The van der Waals surface area contributed by atoms with Crippen LogP contribution in [0.4, 0.5) is 22.7 Å². The summed E-state index contributed by atoms with van der Waals surface area (Å²) in [4.78, 5) is 42.1. The monoisotopic (exact) mass is 855 g/mol. The number of aryl methyl sites for hydroxylation is 1. The van der Waals surface area contributed by atoms with E-state index >= 15 is 4.79 Å². The van der Waals surface area contributed by atoms with Gasteiger partial charge in [-0.15, -0.1) is 0 Å². The van der Waals surface area contributed by atoms with Gasteiger partial charge in [0.05, 0.1) is 28.1 Å². The first-order chi connectivity index (χ1) is 29.1. The van der Waals surface area contributed by atoms with Crippen LogP contribution in [0.1, 0.15) is 141 Å². The summed E-state index contributed by atoms with van der Waals surface area (Å²) in [7, 11) is -0.788. The minimum Gasteiger partial charge on any atom is -0.489 e. The molecule has 4 rings (SSSR count). The standard InChI is InChI=1S/C49H70N6O5S/c1-11-14-16-18-19-22-28-41(27-21-17-15-12-2)55-47(50-37(7)38(8)61(55,58)59)46(48(56)52-44-34-39(49(57)53(9)10)29-32-45(44)60-35(4)5)51-43-31-30-42(33-36(43)6)54(13-3)40-25-23-20-24-26-40/h20,23-26,29-35,41H,11-19,21-22,27-28H2,1-10H3,(H,52,56)/b51-46-. The van der Waals surface area contributed by atoms with Gasteiger partial charge in [0.15, 0.2) is 11.5 Å². The molecule has 0 radical (unpaired) electrons. The largest absolute Gasteiger partial charge is 0.489 e. The summed E-state index contributed by atoms with van der Waals surface area (Å²) in [5.41, 5.74) is 4.03. The number of ether oxygens (including phenoxy) is 1. The van der Waals surface area contributed by atoms with E-state index in [9.17, 15) is 13.2 Å². The van der Waals surface area contributed by atoms with E-state index in [4.69, 9.17) is 14.7 Å². The molecule has 1 unspecified atom stereocenters. The van der Waals surface area contributed by atoms with E-state index < -0.39 is 22.0 Å². The number of carbonyl (C=O) groups excluding carboxylic acids is 2. The molecule has 0 spiro atoms. The number of amides is 2. The summed E-state index contributed by atoms with van der Waals surface area (Å²) in [6, 6.07) is 20.4. The zero-order valence-corrected chi connectivity index (χ0v) is 39.2. The number of nitrogens with zero attached hydrogens (tertiary/aromatic N) is 5. The Morgan fingerprint density at radius 1 is 0.803 bits per heavy atom. The molecule has 61 heavy (non-hydrogen) atoms. The highest BCUT2D eigenvalue weighted by Gasteiger charge is 2.41. The Morgan fingerprint density at radius 3 is 2.02 bits per heavy atom. The van der Waals surface area contributed by atoms with E-state index in [2.05, 4.69) is 43.1 Å². The van der Waals surface area contributed by atoms with E-state index in [-0.39, 0.29) is 34.2 Å². The maximum atomic E-state index is 15.1. The average Bonchev–Trinajstić information content (AvgIpc) is 3.22. The van der Waals surface area contributed by atoms with Crippen molar-refractivity contribution in [3.8, 4) is 5.75 Å². The lowest BCUT2D eigenvalue weighted by atomic mass is 10.00. The second-order valence-corrected chi connectivity index (χ2v) is 18.4. The highest BCUT2D eigenvalue weighted by atomic mass is 32.2. The zero-order chi connectivity index (χ0) is 44.7. The fraction of sp³-hybridized carbons (Fsp3) is 0.510. The molecule has 1 aliphatic rings. The molecule has 0 bridgehead atoms. The normalized spacial score (nSPS) is 14.5. The first kappa shape index (κ1) is 48.7. The predicted octanol–water partition coefficient (Wildman–Crippen LogP) is 11.7. The minimum absolute atomic E-state index is 0.0122. The van der Waals surface area contributed by atoms with Gasteiger partial charge in [-0.3, -0.25) is 9.59 Å². The molecule has 0 saturated heterocycles. The average molecular weight is 855 g/mol. The summed E-state index contributed by atoms with van der Waals surface area (Å²) in [6.07, 6.45) is 11.3. The smallest absolute Gasteiger partial charge is 0.278 e. The Kier molecular flexibility index (Phi) is 18.6. The highest BCUT2D eigenvalue weighted by Crippen LogP contribution is 2.35. The van der Waals surface area contributed by atoms with Crippen molar-refractivity contribution in [3.05, 3.63) is 88.5 Å². The lowest BCUT2D eigenvalue weighted by Crippen LogP contribution is -2.52. The molecule has 0 fully saturated rings. The Bertz CT molecular complexity index is 2140. The van der Waals surface area contributed by atoms with Crippen molar-refractivity contribution in [2.75, 3.05) is 30.9 Å². The highest BCUT2D eigenvalue weighted by molar-refractivity contribution is 7.93. The number of hydrogen-bond donors (Lipinski definition) is 1. The molecular formula is C49H70N6O5S. The number of nitrogens with one attached hydrogen (secondary N) is 1. The Balaban J connectivity index is 1.93. The van der Waals surface area contributed by atoms with E-state index in [1.165, 1.54) is 15.6 Å². The first-order valence-electron chi connectivity index (χ1n) is 22.3. The molecule has 1 aliphatic heterocycles. The van der Waals surface area contributed by atoms with Gasteiger partial charge >= 0.3 is 0 Å². The number of para-hydroxylation sites is 1. The SMILES string of the molecule is CCCCCCCCC(CCCCCC)N1C(/C(=N/c2ccc(N(CC)c3ccccc3)cc2C)C(=O)Nc2cc(C(=O)N(C)C)ccc2OC(C)C)=NC(C)=C(C)S1(=O)=O. The molecule has 3 aromatic carbocycles. The number of allylic oxidation sites excluding steroid dienone is 2. The number of benzene rings is 3. The number of aliphatic imine (C=N–C) groups is 2. The van der Waals surface area contributed by atoms with Gasteiger partial charge in [0.1, 0.15) is 5.75 Å². The number of unbranched alkanes of at least 4 members (excludes halogenated alkanes) is 8. The lowest BCUT2D eigenvalue weighted by Gasteiger charge is -2.36. The number of carbonyl (C=O) groups is 2. The van der Waals surface area contributed by atoms with Crippen molar-refractivity contribution >= 4 is 56.1 Å². The molecule has 1 atom stereocenters. The van der Waals surface area contributed by atoms with Crippen LogP contribution in [0.2, 0.25) is 0 Å². The maximum Gasteiger partial charge on any atom is 0.278 e. The number of sulfonamides is 1. The Morgan fingerprint density at radius 2 is 1.43 bits per heavy atom. The molecule has 0 saturated carbocycles. The van der Waals surface area contributed by atoms with Gasteiger partial charge in [-0.25, -0.2) is 22.7 Å². The first-order valence-corrected chi connectivity index (χ1v) is 23.7. The molecule has 11 nitrogen and oxygen atoms in total. The van der Waals surface area contributed by atoms with Crippen LogP contribution in [0, 0.1) is 6.92 Å². The third kappa shape index (κ3) is 13.0. The van der Waals surface area contributed by atoms with Crippen molar-refractivity contribution in [3.63, 3.8) is 0 Å². The molecule has 1 N–H and O–H groups in total. The molecule has 2 amide bonds. The Labute approximate surface area is 366 Å². The third-order valence-corrected chi connectivity index (χ3v) is 13.1. The zero-order valence-electron chi connectivity index (χ0n) is 38.4. The molecule has 0 aromatic heterocycles. The summed E-state index contributed by atoms with van der Waals surface area (Å²) >= 11 is 0. The molecule has 332 valence electrons. The van der Waals surface area contributed by atoms with E-state index in [1.807, 2.05) is 57.2 Å². The van der Waals surface area contributed by atoms with Crippen LogP contribution >= 0.6 is 0 Å². The minimum atomic E-state index is -4.11. The summed E-state index contributed by atoms with van der Waals surface area (Å²) < 4.78 is 37.2. The van der Waals surface area contributed by atoms with Gasteiger partial charge in [-0.2, -0.15) is 0 Å². The van der Waals surface area contributed by atoms with Gasteiger partial charge in [0, 0.05) is 43.6 Å². The van der Waals surface area contributed by atoms with Crippen LogP contribution in [0.3, 0.4) is 0 Å². The molecule has 1 heterocycles. The number of anilines is 3. The number of rotatable bonds is 23. The van der Waals surface area contributed by atoms with Crippen molar-refractivity contribution in [1.82, 2.24) is 9.21 Å². The van der Waals surface area contributed by atoms with Gasteiger partial charge < -0.3 is 19.9 Å². The number of amidine groups is 1. The second kappa shape index (κ2) is 23.3. The van der Waals surface area contributed by atoms with E-state index in [0.29, 0.717) is 35.5 Å². The fourth-order valence-electron chi connectivity index (χ4n) is 7.54. The van der Waals surface area contributed by atoms with Gasteiger partial charge in [0.2, 0.25) is 0 Å². The predicted molar refractivity (Wildman–Crippen MR) is 253 cm³/mol. The van der Waals surface area contributed by atoms with Crippen molar-refractivity contribution < 1.29 is 22.7 Å². The lowest BCUT2D eigenvalue weighted by molar-refractivity contribution is -0.110. The summed E-state index contributed by atoms with van der Waals surface area (Å²) in [5, 5.41) is 3.00. The van der Waals surface area contributed by atoms with Gasteiger partial charge in [-0.05, 0) is 108 Å². The van der Waals surface area contributed by atoms with Crippen LogP contribution in [-0.2, 0) is 14.8 Å². The molecular weight excluding hydrogens is 785 g/mol.